The Kier molecular flexibility index (Phi) is 6.54. The van der Waals surface area contributed by atoms with Crippen molar-refractivity contribution >= 4 is 37.3 Å². The lowest BCUT2D eigenvalue weighted by Crippen LogP contribution is -2.51. The zero-order valence-corrected chi connectivity index (χ0v) is 24.5. The Balaban J connectivity index is 1.50. The Morgan fingerprint density at radius 2 is 1.95 bits per heavy atom. The summed E-state index contributed by atoms with van der Waals surface area (Å²) < 4.78 is 29.8. The molecule has 1 unspecified atom stereocenters. The van der Waals surface area contributed by atoms with Crippen LogP contribution in [0.3, 0.4) is 0 Å². The van der Waals surface area contributed by atoms with E-state index in [1.165, 1.54) is 11.3 Å². The van der Waals surface area contributed by atoms with Gasteiger partial charge in [0.1, 0.15) is 0 Å². The summed E-state index contributed by atoms with van der Waals surface area (Å²) >= 11 is 1.54. The van der Waals surface area contributed by atoms with Gasteiger partial charge in [-0.15, -0.1) is 11.3 Å². The number of nitriles is 1. The van der Waals surface area contributed by atoms with Crippen molar-refractivity contribution in [3.63, 3.8) is 0 Å². The van der Waals surface area contributed by atoms with E-state index < -0.39 is 14.8 Å². The van der Waals surface area contributed by atoms with E-state index in [9.17, 15) is 18.8 Å². The predicted molar refractivity (Wildman–Crippen MR) is 156 cm³/mol. The number of sulfonamides is 1. The van der Waals surface area contributed by atoms with Crippen LogP contribution in [0.25, 0.3) is 21.3 Å². The van der Waals surface area contributed by atoms with Crippen molar-refractivity contribution in [1.82, 2.24) is 9.29 Å². The maximum Gasteiger partial charge on any atom is 0.219 e. The number of rotatable bonds is 4. The minimum absolute atomic E-state index is 0.0365. The molecule has 2 aromatic heterocycles. The summed E-state index contributed by atoms with van der Waals surface area (Å²) in [5, 5.41) is 19.7. The van der Waals surface area contributed by atoms with E-state index in [0.29, 0.717) is 12.1 Å². The summed E-state index contributed by atoms with van der Waals surface area (Å²) in [6.45, 7) is 6.75. The maximum atomic E-state index is 13.9. The van der Waals surface area contributed by atoms with Gasteiger partial charge in [0.15, 0.2) is 0 Å². The number of hydrogen-bond donors (Lipinski definition) is 1. The minimum Gasteiger partial charge on any atom is -0.391 e. The lowest BCUT2D eigenvalue weighted by molar-refractivity contribution is 0.241. The van der Waals surface area contributed by atoms with Crippen LogP contribution < -0.4 is 4.90 Å². The first-order chi connectivity index (χ1) is 18.6. The van der Waals surface area contributed by atoms with Gasteiger partial charge in [-0.1, -0.05) is 12.8 Å². The molecule has 2 aliphatic heterocycles. The third kappa shape index (κ3) is 4.28. The van der Waals surface area contributed by atoms with Crippen molar-refractivity contribution in [2.75, 3.05) is 18.0 Å². The van der Waals surface area contributed by atoms with Gasteiger partial charge < -0.3 is 10.0 Å². The van der Waals surface area contributed by atoms with Crippen LogP contribution >= 0.6 is 11.3 Å². The normalized spacial score (nSPS) is 21.5. The van der Waals surface area contributed by atoms with E-state index in [1.54, 1.807) is 6.20 Å². The van der Waals surface area contributed by atoms with E-state index in [1.807, 2.05) is 49.3 Å². The van der Waals surface area contributed by atoms with Crippen LogP contribution in [-0.4, -0.2) is 52.2 Å². The molecule has 6 rings (SSSR count). The summed E-state index contributed by atoms with van der Waals surface area (Å²) in [6, 6.07) is 10.4. The van der Waals surface area contributed by atoms with Gasteiger partial charge in [-0.2, -0.15) is 9.57 Å². The number of hydrogen-bond acceptors (Lipinski definition) is 7. The Labute approximate surface area is 235 Å². The third-order valence-corrected chi connectivity index (χ3v) is 12.7. The molecule has 1 spiro atoms. The fourth-order valence-corrected chi connectivity index (χ4v) is 9.86. The first-order valence-electron chi connectivity index (χ1n) is 13.9. The number of pyridine rings is 1. The van der Waals surface area contributed by atoms with E-state index in [0.717, 1.165) is 89.0 Å². The summed E-state index contributed by atoms with van der Waals surface area (Å²) in [5.41, 5.74) is 5.45. The molecule has 9 heteroatoms. The molecule has 1 aromatic carbocycles. The van der Waals surface area contributed by atoms with Gasteiger partial charge in [0, 0.05) is 52.6 Å². The predicted octanol–water partition coefficient (Wildman–Crippen LogP) is 5.60. The Morgan fingerprint density at radius 1 is 1.18 bits per heavy atom. The minimum atomic E-state index is -3.49. The second kappa shape index (κ2) is 9.55. The molecule has 1 saturated heterocycles. The van der Waals surface area contributed by atoms with Gasteiger partial charge in [0.2, 0.25) is 10.0 Å². The SMILES string of the molecule is CC(C)(C)S(=O)(=O)N1CC(N2CCCc3cc(C#N)cc(-c4ccnc5cc(CO)sc45)c32)CC12CCCC2. The highest BCUT2D eigenvalue weighted by atomic mass is 32.2. The quantitative estimate of drug-likeness (QED) is 0.443. The molecule has 4 heterocycles. The van der Waals surface area contributed by atoms with Crippen LogP contribution in [0.2, 0.25) is 0 Å². The molecule has 206 valence electrons. The molecular formula is C30H36N4O3S2. The number of aliphatic hydroxyl groups is 1. The highest BCUT2D eigenvalue weighted by molar-refractivity contribution is 7.90. The molecule has 3 aromatic rings. The summed E-state index contributed by atoms with van der Waals surface area (Å²) in [7, 11) is -3.49. The van der Waals surface area contributed by atoms with E-state index in [4.69, 9.17) is 0 Å². The summed E-state index contributed by atoms with van der Waals surface area (Å²) in [5.74, 6) is 0. The summed E-state index contributed by atoms with van der Waals surface area (Å²) in [6.07, 6.45) is 8.46. The van der Waals surface area contributed by atoms with Crippen molar-refractivity contribution in [3.05, 3.63) is 46.5 Å². The Hall–Kier alpha value is -2.51. The van der Waals surface area contributed by atoms with E-state index in [-0.39, 0.29) is 18.2 Å². The zero-order chi connectivity index (χ0) is 27.6. The molecule has 1 saturated carbocycles. The topological polar surface area (TPSA) is 97.5 Å². The van der Waals surface area contributed by atoms with Crippen LogP contribution in [0.4, 0.5) is 5.69 Å². The molecule has 2 fully saturated rings. The average molecular weight is 565 g/mol. The number of fused-ring (bicyclic) bond motifs is 2. The average Bonchev–Trinajstić information content (AvgIpc) is 3.65. The van der Waals surface area contributed by atoms with Crippen LogP contribution in [0.15, 0.2) is 30.5 Å². The molecule has 1 aliphatic carbocycles. The monoisotopic (exact) mass is 564 g/mol. The first kappa shape index (κ1) is 26.7. The second-order valence-corrected chi connectivity index (χ2v) is 16.1. The number of aliphatic hydroxyl groups excluding tert-OH is 1. The largest absolute Gasteiger partial charge is 0.391 e. The van der Waals surface area contributed by atoms with E-state index >= 15 is 0 Å². The number of anilines is 1. The van der Waals surface area contributed by atoms with Crippen molar-refractivity contribution in [1.29, 1.82) is 5.26 Å². The molecule has 1 N–H and O–H groups in total. The van der Waals surface area contributed by atoms with Gasteiger partial charge in [0.25, 0.3) is 0 Å². The fourth-order valence-electron chi connectivity index (χ4n) is 7.06. The first-order valence-corrected chi connectivity index (χ1v) is 16.2. The standard InChI is InChI=1S/C30H36N4O3S2/c1-29(2,3)39(36,37)34-18-22(16-30(34)9-4-5-10-30)33-12-6-7-21-13-20(17-31)14-25(27(21)33)24-8-11-32-26-15-23(19-35)38-28(24)26/h8,11,13-15,22,35H,4-7,9-10,12,16,18-19H2,1-3H3. The molecule has 0 radical (unpaired) electrons. The van der Waals surface area contributed by atoms with Crippen LogP contribution in [0.5, 0.6) is 0 Å². The van der Waals surface area contributed by atoms with Crippen LogP contribution in [0, 0.1) is 11.3 Å². The van der Waals surface area contributed by atoms with Crippen LogP contribution in [-0.2, 0) is 23.1 Å². The lowest BCUT2D eigenvalue weighted by Gasteiger charge is -2.38. The number of thiophene rings is 1. The highest BCUT2D eigenvalue weighted by Crippen LogP contribution is 2.50. The van der Waals surface area contributed by atoms with Crippen molar-refractivity contribution in [2.45, 2.75) is 88.7 Å². The summed E-state index contributed by atoms with van der Waals surface area (Å²) in [4.78, 5) is 7.86. The zero-order valence-electron chi connectivity index (χ0n) is 22.9. The smallest absolute Gasteiger partial charge is 0.219 e. The van der Waals surface area contributed by atoms with Gasteiger partial charge in [0.05, 0.1) is 33.2 Å². The molecule has 39 heavy (non-hydrogen) atoms. The van der Waals surface area contributed by atoms with Crippen molar-refractivity contribution in [3.8, 4) is 17.2 Å². The van der Waals surface area contributed by atoms with Crippen LogP contribution in [0.1, 0.15) is 75.3 Å². The van der Waals surface area contributed by atoms with Gasteiger partial charge in [-0.3, -0.25) is 4.98 Å². The Morgan fingerprint density at radius 3 is 2.64 bits per heavy atom. The van der Waals surface area contributed by atoms with Gasteiger partial charge >= 0.3 is 0 Å². The number of benzene rings is 1. The number of aryl methyl sites for hydroxylation is 1. The van der Waals surface area contributed by atoms with Gasteiger partial charge in [-0.25, -0.2) is 8.42 Å². The lowest BCUT2D eigenvalue weighted by atomic mass is 9.89. The van der Waals surface area contributed by atoms with E-state index in [2.05, 4.69) is 16.0 Å². The molecule has 3 aliphatic rings. The number of nitrogens with zero attached hydrogens (tertiary/aromatic N) is 4. The molecular weight excluding hydrogens is 528 g/mol. The fraction of sp³-hybridized carbons (Fsp3) is 0.533. The molecule has 0 amide bonds. The van der Waals surface area contributed by atoms with Gasteiger partial charge in [-0.05, 0) is 82.7 Å². The number of aromatic nitrogens is 1. The highest BCUT2D eigenvalue weighted by Gasteiger charge is 2.56. The van der Waals surface area contributed by atoms with Crippen molar-refractivity contribution < 1.29 is 13.5 Å². The third-order valence-electron chi connectivity index (χ3n) is 8.92. The molecule has 1 atom stereocenters. The second-order valence-electron chi connectivity index (χ2n) is 12.3. The Bertz CT molecular complexity index is 1580. The van der Waals surface area contributed by atoms with Crippen molar-refractivity contribution in [2.24, 2.45) is 0 Å². The maximum absolute atomic E-state index is 13.9. The molecule has 7 nitrogen and oxygen atoms in total. The molecule has 0 bridgehead atoms.